The lowest BCUT2D eigenvalue weighted by atomic mass is 10.1. The Labute approximate surface area is 176 Å². The maximum atomic E-state index is 15.4. The topological polar surface area (TPSA) is 152 Å². The molecule has 3 unspecified atom stereocenters. The highest BCUT2D eigenvalue weighted by atomic mass is 31.2. The second-order valence-electron chi connectivity index (χ2n) is 7.21. The van der Waals surface area contributed by atoms with Crippen molar-refractivity contribution in [1.29, 1.82) is 0 Å². The molecular formula is C18H23FN3O8P. The van der Waals surface area contributed by atoms with E-state index in [9.17, 15) is 24.4 Å². The number of alkyl halides is 1. The number of aromatic nitrogens is 2. The van der Waals surface area contributed by atoms with Crippen molar-refractivity contribution in [1.82, 2.24) is 14.6 Å². The van der Waals surface area contributed by atoms with Crippen LogP contribution in [0.2, 0.25) is 0 Å². The number of nitrogens with zero attached hydrogens (tertiary/aromatic N) is 1. The number of halogens is 1. The van der Waals surface area contributed by atoms with Gasteiger partial charge in [-0.2, -0.15) is 0 Å². The Bertz CT molecular complexity index is 1060. The third-order valence-electron chi connectivity index (χ3n) is 4.32. The van der Waals surface area contributed by atoms with Gasteiger partial charge >= 0.3 is 13.4 Å². The standard InChI is InChI=1S/C18H23FN3O8P/c1-11(2)21-31(27,30-12-6-4-3-5-7-12)28-10-18(19)15(25)14(24)16(29-18)22-9-8-13(23)20-17(22)26/h3-9,11,14-16,24-25H,10H2,1-2H3,(H,21,27)(H,20,23,26)/t14?,15?,16-,18-,31?/m1/s1. The average molecular weight is 459 g/mol. The van der Waals surface area contributed by atoms with Gasteiger partial charge in [-0.15, -0.1) is 0 Å². The van der Waals surface area contributed by atoms with Gasteiger partial charge in [0, 0.05) is 18.3 Å². The van der Waals surface area contributed by atoms with Gasteiger partial charge in [-0.3, -0.25) is 18.9 Å². The number of aliphatic hydroxyl groups excluding tert-OH is 2. The van der Waals surface area contributed by atoms with Crippen LogP contribution in [0.5, 0.6) is 5.75 Å². The molecule has 31 heavy (non-hydrogen) atoms. The average Bonchev–Trinajstić information content (AvgIpc) is 2.91. The summed E-state index contributed by atoms with van der Waals surface area (Å²) in [6.45, 7) is 2.24. The highest BCUT2D eigenvalue weighted by Crippen LogP contribution is 2.48. The van der Waals surface area contributed by atoms with Crippen molar-refractivity contribution in [3.8, 4) is 5.75 Å². The first kappa shape index (κ1) is 23.3. The summed E-state index contributed by atoms with van der Waals surface area (Å²) in [4.78, 5) is 25.1. The predicted octanol–water partition coefficient (Wildman–Crippen LogP) is 0.655. The van der Waals surface area contributed by atoms with Crippen LogP contribution in [-0.4, -0.2) is 50.5 Å². The molecule has 1 fully saturated rings. The van der Waals surface area contributed by atoms with Crippen molar-refractivity contribution < 1.29 is 33.0 Å². The number of benzene rings is 1. The molecule has 0 spiro atoms. The molecule has 11 nitrogen and oxygen atoms in total. The molecule has 170 valence electrons. The van der Waals surface area contributed by atoms with Gasteiger partial charge in [0.1, 0.15) is 24.6 Å². The third kappa shape index (κ3) is 5.29. The highest BCUT2D eigenvalue weighted by Gasteiger charge is 2.57. The van der Waals surface area contributed by atoms with Crippen LogP contribution in [0, 0.1) is 0 Å². The second-order valence-corrected chi connectivity index (χ2v) is 8.90. The van der Waals surface area contributed by atoms with Crippen molar-refractivity contribution in [2.75, 3.05) is 6.61 Å². The third-order valence-corrected chi connectivity index (χ3v) is 6.07. The molecule has 0 aliphatic carbocycles. The van der Waals surface area contributed by atoms with Crippen molar-refractivity contribution >= 4 is 7.75 Å². The molecule has 13 heteroatoms. The second kappa shape index (κ2) is 9.03. The van der Waals surface area contributed by atoms with Crippen LogP contribution >= 0.6 is 7.75 Å². The van der Waals surface area contributed by atoms with E-state index in [0.29, 0.717) is 4.57 Å². The van der Waals surface area contributed by atoms with Crippen molar-refractivity contribution in [2.45, 2.75) is 44.2 Å². The van der Waals surface area contributed by atoms with Crippen LogP contribution in [-0.2, 0) is 13.8 Å². The van der Waals surface area contributed by atoms with E-state index in [4.69, 9.17) is 13.8 Å². The quantitative estimate of drug-likeness (QED) is 0.417. The molecule has 1 aromatic heterocycles. The van der Waals surface area contributed by atoms with E-state index < -0.39 is 49.9 Å². The Morgan fingerprint density at radius 3 is 2.58 bits per heavy atom. The van der Waals surface area contributed by atoms with E-state index in [1.807, 2.05) is 4.98 Å². The number of hydrogen-bond donors (Lipinski definition) is 4. The molecular weight excluding hydrogens is 436 g/mol. The molecule has 0 saturated carbocycles. The number of H-pyrrole nitrogens is 1. The molecule has 1 aliphatic rings. The zero-order valence-electron chi connectivity index (χ0n) is 16.7. The molecule has 1 aromatic carbocycles. The lowest BCUT2D eigenvalue weighted by Crippen LogP contribution is -2.43. The number of para-hydroxylation sites is 1. The zero-order valence-corrected chi connectivity index (χ0v) is 17.6. The minimum atomic E-state index is -4.13. The van der Waals surface area contributed by atoms with E-state index >= 15 is 4.39 Å². The Balaban J connectivity index is 1.79. The van der Waals surface area contributed by atoms with E-state index in [1.54, 1.807) is 32.0 Å². The van der Waals surface area contributed by atoms with Crippen LogP contribution in [0.25, 0.3) is 0 Å². The van der Waals surface area contributed by atoms with Crippen molar-refractivity contribution in [3.05, 3.63) is 63.4 Å². The number of nitrogens with one attached hydrogen (secondary N) is 2. The fourth-order valence-corrected chi connectivity index (χ4v) is 4.48. The summed E-state index contributed by atoms with van der Waals surface area (Å²) in [6.07, 6.45) is -4.72. The Morgan fingerprint density at radius 1 is 1.29 bits per heavy atom. The normalized spacial score (nSPS) is 27.9. The van der Waals surface area contributed by atoms with E-state index in [2.05, 4.69) is 5.09 Å². The summed E-state index contributed by atoms with van der Waals surface area (Å²) in [5.74, 6) is -2.84. The van der Waals surface area contributed by atoms with Crippen molar-refractivity contribution in [2.24, 2.45) is 0 Å². The largest absolute Gasteiger partial charge is 0.459 e. The minimum Gasteiger partial charge on any atom is -0.413 e. The number of aromatic amines is 1. The molecule has 1 aliphatic heterocycles. The monoisotopic (exact) mass is 459 g/mol. The SMILES string of the molecule is CC(C)NP(=O)(OC[C@@]1(F)O[C@@H](n2ccc(=O)[nH]c2=O)C(O)C1O)Oc1ccccc1. The van der Waals surface area contributed by atoms with E-state index in [-0.39, 0.29) is 11.8 Å². The molecule has 2 heterocycles. The van der Waals surface area contributed by atoms with Gasteiger partial charge in [0.05, 0.1) is 0 Å². The van der Waals surface area contributed by atoms with E-state index in [1.165, 1.54) is 12.1 Å². The first-order valence-electron chi connectivity index (χ1n) is 9.34. The fourth-order valence-electron chi connectivity index (χ4n) is 2.92. The Hall–Kier alpha value is -2.34. The lowest BCUT2D eigenvalue weighted by Gasteiger charge is -2.27. The fraction of sp³-hybridized carbons (Fsp3) is 0.444. The molecule has 5 atom stereocenters. The van der Waals surface area contributed by atoms with Gasteiger partial charge in [-0.25, -0.2) is 18.8 Å². The molecule has 1 saturated heterocycles. The number of ether oxygens (including phenoxy) is 1. The summed E-state index contributed by atoms with van der Waals surface area (Å²) in [6, 6.07) is 8.62. The molecule has 0 bridgehead atoms. The van der Waals surface area contributed by atoms with E-state index in [0.717, 1.165) is 12.3 Å². The first-order chi connectivity index (χ1) is 14.5. The van der Waals surface area contributed by atoms with Crippen LogP contribution in [0.1, 0.15) is 20.1 Å². The Morgan fingerprint density at radius 2 is 1.97 bits per heavy atom. The maximum absolute atomic E-state index is 15.4. The highest BCUT2D eigenvalue weighted by molar-refractivity contribution is 7.52. The molecule has 2 aromatic rings. The predicted molar refractivity (Wildman–Crippen MR) is 106 cm³/mol. The maximum Gasteiger partial charge on any atom is 0.459 e. The van der Waals surface area contributed by atoms with Crippen molar-refractivity contribution in [3.63, 3.8) is 0 Å². The first-order valence-corrected chi connectivity index (χ1v) is 10.9. The van der Waals surface area contributed by atoms with Gasteiger partial charge < -0.3 is 19.5 Å². The van der Waals surface area contributed by atoms with Gasteiger partial charge in [0.15, 0.2) is 6.23 Å². The summed E-state index contributed by atoms with van der Waals surface area (Å²) >= 11 is 0. The van der Waals surface area contributed by atoms with Crippen LogP contribution in [0.4, 0.5) is 4.39 Å². The van der Waals surface area contributed by atoms with Gasteiger partial charge in [-0.1, -0.05) is 18.2 Å². The smallest absolute Gasteiger partial charge is 0.413 e. The zero-order chi connectivity index (χ0) is 22.8. The van der Waals surface area contributed by atoms with Gasteiger partial charge in [0.2, 0.25) is 0 Å². The molecule has 4 N–H and O–H groups in total. The summed E-state index contributed by atoms with van der Waals surface area (Å²) in [5, 5.41) is 23.0. The van der Waals surface area contributed by atoms with Gasteiger partial charge in [0.25, 0.3) is 11.4 Å². The summed E-state index contributed by atoms with van der Waals surface area (Å²) in [7, 11) is -4.13. The number of hydrogen-bond acceptors (Lipinski definition) is 8. The minimum absolute atomic E-state index is 0.192. The summed E-state index contributed by atoms with van der Waals surface area (Å²) < 4.78 is 44.8. The number of rotatable bonds is 8. The summed E-state index contributed by atoms with van der Waals surface area (Å²) in [5.41, 5.74) is -1.68. The molecule has 0 amide bonds. The molecule has 3 rings (SSSR count). The molecule has 0 radical (unpaired) electrons. The van der Waals surface area contributed by atoms with Crippen LogP contribution in [0.3, 0.4) is 0 Å². The van der Waals surface area contributed by atoms with Crippen LogP contribution < -0.4 is 20.9 Å². The lowest BCUT2D eigenvalue weighted by molar-refractivity contribution is -0.203. The Kier molecular flexibility index (Phi) is 6.79. The number of aliphatic hydroxyl groups is 2. The van der Waals surface area contributed by atoms with Crippen LogP contribution in [0.15, 0.2) is 52.2 Å². The van der Waals surface area contributed by atoms with Gasteiger partial charge in [-0.05, 0) is 26.0 Å².